The van der Waals surface area contributed by atoms with E-state index in [1.165, 1.54) is 18.3 Å². The Morgan fingerprint density at radius 3 is 3.04 bits per heavy atom. The number of thiazole rings is 1. The lowest BCUT2D eigenvalue weighted by atomic mass is 10.3. The molecule has 24 heavy (non-hydrogen) atoms. The van der Waals surface area contributed by atoms with E-state index in [4.69, 9.17) is 10.5 Å². The first-order valence-electron chi connectivity index (χ1n) is 7.43. The first-order chi connectivity index (χ1) is 11.6. The zero-order valence-corrected chi connectivity index (χ0v) is 15.3. The van der Waals surface area contributed by atoms with Crippen LogP contribution in [0.4, 0.5) is 5.13 Å². The molecule has 0 fully saturated rings. The average Bonchev–Trinajstić information content (AvgIpc) is 3.18. The highest BCUT2D eigenvalue weighted by Gasteiger charge is 2.08. The number of thiophene rings is 1. The van der Waals surface area contributed by atoms with Crippen molar-refractivity contribution in [3.8, 4) is 10.6 Å². The number of rotatable bonds is 8. The van der Waals surface area contributed by atoms with Crippen molar-refractivity contribution >= 4 is 39.7 Å². The van der Waals surface area contributed by atoms with Crippen molar-refractivity contribution in [2.45, 2.75) is 19.9 Å². The van der Waals surface area contributed by atoms with E-state index in [1.807, 2.05) is 17.5 Å². The van der Waals surface area contributed by atoms with Gasteiger partial charge in [-0.2, -0.15) is 0 Å². The molecule has 0 unspecified atom stereocenters. The van der Waals surface area contributed by atoms with Crippen LogP contribution in [-0.4, -0.2) is 37.1 Å². The SMILES string of the molecule is COCCCN=C(N)Nc1nc(-c2ccc(CNC(C)=O)s2)cs1. The van der Waals surface area contributed by atoms with Gasteiger partial charge in [0.15, 0.2) is 11.1 Å². The molecular formula is C15H21N5O2S2. The number of carbonyl (C=O) groups excluding carboxylic acids is 1. The number of anilines is 1. The van der Waals surface area contributed by atoms with Crippen LogP contribution in [0.25, 0.3) is 10.6 Å². The van der Waals surface area contributed by atoms with E-state index in [0.29, 0.717) is 30.8 Å². The number of nitrogens with one attached hydrogen (secondary N) is 2. The third-order valence-corrected chi connectivity index (χ3v) is 4.82. The number of aromatic nitrogens is 1. The Bertz CT molecular complexity index is 696. The van der Waals surface area contributed by atoms with Gasteiger partial charge < -0.3 is 21.1 Å². The Kier molecular flexibility index (Phi) is 7.16. The molecule has 0 saturated heterocycles. The molecule has 2 rings (SSSR count). The third kappa shape index (κ3) is 5.91. The molecule has 4 N–H and O–H groups in total. The zero-order valence-electron chi connectivity index (χ0n) is 13.7. The minimum atomic E-state index is -0.0367. The maximum absolute atomic E-state index is 11.0. The summed E-state index contributed by atoms with van der Waals surface area (Å²) in [5.74, 6) is 0.315. The zero-order chi connectivity index (χ0) is 17.4. The first-order valence-corrected chi connectivity index (χ1v) is 9.13. The molecule has 0 radical (unpaired) electrons. The summed E-state index contributed by atoms with van der Waals surface area (Å²) in [5, 5.41) is 8.45. The highest BCUT2D eigenvalue weighted by atomic mass is 32.1. The molecule has 130 valence electrons. The molecule has 1 amide bonds. The molecule has 0 saturated carbocycles. The fraction of sp³-hybridized carbons (Fsp3) is 0.400. The van der Waals surface area contributed by atoms with Gasteiger partial charge in [0.25, 0.3) is 0 Å². The highest BCUT2D eigenvalue weighted by Crippen LogP contribution is 2.30. The van der Waals surface area contributed by atoms with Gasteiger partial charge in [0.1, 0.15) is 0 Å². The fourth-order valence-corrected chi connectivity index (χ4v) is 3.52. The van der Waals surface area contributed by atoms with E-state index < -0.39 is 0 Å². The number of ether oxygens (including phenoxy) is 1. The average molecular weight is 368 g/mol. The van der Waals surface area contributed by atoms with Crippen LogP contribution in [0.15, 0.2) is 22.5 Å². The molecular weight excluding hydrogens is 346 g/mol. The van der Waals surface area contributed by atoms with E-state index in [9.17, 15) is 4.79 Å². The number of guanidine groups is 1. The highest BCUT2D eigenvalue weighted by molar-refractivity contribution is 7.17. The maximum Gasteiger partial charge on any atom is 0.217 e. The molecule has 0 aliphatic heterocycles. The summed E-state index contributed by atoms with van der Waals surface area (Å²) in [5.41, 5.74) is 6.72. The minimum absolute atomic E-state index is 0.0367. The van der Waals surface area contributed by atoms with Crippen LogP contribution < -0.4 is 16.4 Å². The second kappa shape index (κ2) is 9.36. The molecule has 0 aliphatic rings. The monoisotopic (exact) mass is 367 g/mol. The summed E-state index contributed by atoms with van der Waals surface area (Å²) in [6, 6.07) is 4.00. The van der Waals surface area contributed by atoms with Gasteiger partial charge in [0.2, 0.25) is 5.91 Å². The summed E-state index contributed by atoms with van der Waals surface area (Å²) >= 11 is 3.08. The Hall–Kier alpha value is -1.97. The molecule has 2 heterocycles. The molecule has 7 nitrogen and oxygen atoms in total. The van der Waals surface area contributed by atoms with Crippen molar-refractivity contribution in [2.75, 3.05) is 25.6 Å². The van der Waals surface area contributed by atoms with Crippen LogP contribution >= 0.6 is 22.7 Å². The van der Waals surface area contributed by atoms with Crippen LogP contribution in [-0.2, 0) is 16.1 Å². The predicted octanol–water partition coefficient (Wildman–Crippen LogP) is 2.27. The molecule has 9 heteroatoms. The van der Waals surface area contributed by atoms with Gasteiger partial charge in [-0.1, -0.05) is 0 Å². The number of carbonyl (C=O) groups is 1. The van der Waals surface area contributed by atoms with Crippen molar-refractivity contribution in [1.29, 1.82) is 0 Å². The van der Waals surface area contributed by atoms with Gasteiger partial charge in [-0.25, -0.2) is 4.98 Å². The Morgan fingerprint density at radius 2 is 2.29 bits per heavy atom. The minimum Gasteiger partial charge on any atom is -0.385 e. The van der Waals surface area contributed by atoms with Gasteiger partial charge in [-0.15, -0.1) is 22.7 Å². The fourth-order valence-electron chi connectivity index (χ4n) is 1.82. The van der Waals surface area contributed by atoms with E-state index in [-0.39, 0.29) is 5.91 Å². The topological polar surface area (TPSA) is 102 Å². The van der Waals surface area contributed by atoms with Crippen molar-refractivity contribution in [3.63, 3.8) is 0 Å². The number of hydrogen-bond donors (Lipinski definition) is 3. The van der Waals surface area contributed by atoms with E-state index in [1.54, 1.807) is 18.4 Å². The molecule has 0 aromatic carbocycles. The van der Waals surface area contributed by atoms with Crippen molar-refractivity contribution in [2.24, 2.45) is 10.7 Å². The lowest BCUT2D eigenvalue weighted by molar-refractivity contribution is -0.119. The number of nitrogens with two attached hydrogens (primary N) is 1. The lowest BCUT2D eigenvalue weighted by Gasteiger charge is -2.01. The maximum atomic E-state index is 11.0. The Labute approximate surface area is 149 Å². The quantitative estimate of drug-likeness (QED) is 0.377. The number of nitrogens with zero attached hydrogens (tertiary/aromatic N) is 2. The number of hydrogen-bond acceptors (Lipinski definition) is 6. The normalized spacial score (nSPS) is 11.5. The summed E-state index contributed by atoms with van der Waals surface area (Å²) in [7, 11) is 1.66. The number of methoxy groups -OCH3 is 1. The van der Waals surface area contributed by atoms with Gasteiger partial charge >= 0.3 is 0 Å². The molecule has 0 aliphatic carbocycles. The Balaban J connectivity index is 1.91. The predicted molar refractivity (Wildman–Crippen MR) is 99.6 cm³/mol. The van der Waals surface area contributed by atoms with Crippen LogP contribution in [0, 0.1) is 0 Å². The smallest absolute Gasteiger partial charge is 0.217 e. The molecule has 0 bridgehead atoms. The summed E-state index contributed by atoms with van der Waals surface area (Å²) < 4.78 is 4.96. The summed E-state index contributed by atoms with van der Waals surface area (Å²) in [6.07, 6.45) is 0.828. The molecule has 2 aromatic rings. The Morgan fingerprint density at radius 1 is 1.46 bits per heavy atom. The number of aliphatic imine (C=N–C) groups is 1. The van der Waals surface area contributed by atoms with Gasteiger partial charge in [0.05, 0.1) is 17.1 Å². The molecule has 0 atom stereocenters. The second-order valence-corrected chi connectivity index (χ2v) is 6.98. The second-order valence-electron chi connectivity index (χ2n) is 4.95. The molecule has 0 spiro atoms. The van der Waals surface area contributed by atoms with Gasteiger partial charge in [-0.3, -0.25) is 9.79 Å². The van der Waals surface area contributed by atoms with Crippen molar-refractivity contribution in [1.82, 2.24) is 10.3 Å². The summed E-state index contributed by atoms with van der Waals surface area (Å²) in [6.45, 7) is 3.32. The number of amides is 1. The van der Waals surface area contributed by atoms with Gasteiger partial charge in [0, 0.05) is 37.4 Å². The van der Waals surface area contributed by atoms with Crippen LogP contribution in [0.1, 0.15) is 18.2 Å². The van der Waals surface area contributed by atoms with Crippen molar-refractivity contribution < 1.29 is 9.53 Å². The first kappa shape index (κ1) is 18.4. The van der Waals surface area contributed by atoms with Gasteiger partial charge in [-0.05, 0) is 18.6 Å². The summed E-state index contributed by atoms with van der Waals surface area (Å²) in [4.78, 5) is 21.8. The lowest BCUT2D eigenvalue weighted by Crippen LogP contribution is -2.22. The van der Waals surface area contributed by atoms with E-state index in [0.717, 1.165) is 21.9 Å². The standard InChI is InChI=1S/C15H21N5O2S2/c1-10(21)18-8-11-4-5-13(24-11)12-9-23-15(19-12)20-14(16)17-6-3-7-22-2/h4-5,9H,3,6-8H2,1-2H3,(H,18,21)(H3,16,17,19,20). The third-order valence-electron chi connectivity index (χ3n) is 2.95. The van der Waals surface area contributed by atoms with Crippen LogP contribution in [0.5, 0.6) is 0 Å². The van der Waals surface area contributed by atoms with Crippen molar-refractivity contribution in [3.05, 3.63) is 22.4 Å². The molecule has 2 aromatic heterocycles. The largest absolute Gasteiger partial charge is 0.385 e. The van der Waals surface area contributed by atoms with E-state index in [2.05, 4.69) is 20.6 Å². The van der Waals surface area contributed by atoms with Crippen LogP contribution in [0.3, 0.4) is 0 Å². The van der Waals surface area contributed by atoms with Crippen LogP contribution in [0.2, 0.25) is 0 Å². The van der Waals surface area contributed by atoms with E-state index >= 15 is 0 Å².